The highest BCUT2D eigenvalue weighted by molar-refractivity contribution is 5.88. The number of piperazine rings is 1. The zero-order valence-electron chi connectivity index (χ0n) is 14.8. The molecule has 26 heavy (non-hydrogen) atoms. The van der Waals surface area contributed by atoms with E-state index < -0.39 is 0 Å². The summed E-state index contributed by atoms with van der Waals surface area (Å²) in [5, 5.41) is 1.06. The topological polar surface area (TPSA) is 70.9 Å². The maximum absolute atomic E-state index is 4.83. The normalized spacial score (nSPS) is 17.7. The van der Waals surface area contributed by atoms with Crippen LogP contribution in [0.4, 0.5) is 11.6 Å². The SMILES string of the molecule is Cc1cc(N2CCN(c3ncnc4cnccc34)CC2)nc(C2CC2)n1. The summed E-state index contributed by atoms with van der Waals surface area (Å²) in [5.41, 5.74) is 1.95. The van der Waals surface area contributed by atoms with Gasteiger partial charge in [-0.1, -0.05) is 0 Å². The minimum absolute atomic E-state index is 0.580. The van der Waals surface area contributed by atoms with Gasteiger partial charge in [-0.2, -0.15) is 0 Å². The Morgan fingerprint density at radius 1 is 1.00 bits per heavy atom. The molecule has 0 N–H and O–H groups in total. The highest BCUT2D eigenvalue weighted by Crippen LogP contribution is 2.38. The van der Waals surface area contributed by atoms with Gasteiger partial charge in [0, 0.05) is 55.4 Å². The Hall–Kier alpha value is -2.83. The first kappa shape index (κ1) is 15.4. The van der Waals surface area contributed by atoms with Gasteiger partial charge in [-0.3, -0.25) is 4.98 Å². The van der Waals surface area contributed by atoms with Crippen LogP contribution in [0.15, 0.2) is 30.9 Å². The fourth-order valence-electron chi connectivity index (χ4n) is 3.55. The average molecular weight is 347 g/mol. The number of rotatable bonds is 3. The number of aryl methyl sites for hydroxylation is 1. The van der Waals surface area contributed by atoms with E-state index in [1.165, 1.54) is 12.8 Å². The largest absolute Gasteiger partial charge is 0.353 e. The standard InChI is InChI=1S/C19H21N7/c1-13-10-17(24-18(23-13)14-2-3-14)25-6-8-26(9-7-25)19-15-4-5-20-11-16(15)21-12-22-19/h4-5,10-12,14H,2-3,6-9H2,1H3. The van der Waals surface area contributed by atoms with E-state index in [1.807, 2.05) is 6.07 Å². The first-order chi connectivity index (χ1) is 12.8. The van der Waals surface area contributed by atoms with Crippen LogP contribution in [0.5, 0.6) is 0 Å². The number of hydrogen-bond donors (Lipinski definition) is 0. The van der Waals surface area contributed by atoms with Crippen molar-refractivity contribution in [3.8, 4) is 0 Å². The second kappa shape index (κ2) is 6.16. The fourth-order valence-corrected chi connectivity index (χ4v) is 3.55. The maximum Gasteiger partial charge on any atom is 0.140 e. The second-order valence-corrected chi connectivity index (χ2v) is 7.06. The minimum atomic E-state index is 0.580. The molecule has 4 heterocycles. The Bertz CT molecular complexity index is 940. The molecular weight excluding hydrogens is 326 g/mol. The summed E-state index contributed by atoms with van der Waals surface area (Å²) in [4.78, 5) is 27.1. The van der Waals surface area contributed by atoms with Gasteiger partial charge in [0.05, 0.1) is 11.7 Å². The minimum Gasteiger partial charge on any atom is -0.353 e. The average Bonchev–Trinajstić information content (AvgIpc) is 3.53. The van der Waals surface area contributed by atoms with Crippen molar-refractivity contribution >= 4 is 22.5 Å². The molecule has 1 aliphatic heterocycles. The Morgan fingerprint density at radius 3 is 2.62 bits per heavy atom. The number of fused-ring (bicyclic) bond motifs is 1. The van der Waals surface area contributed by atoms with Gasteiger partial charge < -0.3 is 9.80 Å². The third kappa shape index (κ3) is 2.83. The van der Waals surface area contributed by atoms with Crippen LogP contribution in [0, 0.1) is 6.92 Å². The highest BCUT2D eigenvalue weighted by Gasteiger charge is 2.28. The molecule has 7 heteroatoms. The van der Waals surface area contributed by atoms with Crippen molar-refractivity contribution in [3.05, 3.63) is 42.4 Å². The van der Waals surface area contributed by atoms with E-state index in [9.17, 15) is 0 Å². The van der Waals surface area contributed by atoms with Gasteiger partial charge in [0.25, 0.3) is 0 Å². The van der Waals surface area contributed by atoms with E-state index in [-0.39, 0.29) is 0 Å². The van der Waals surface area contributed by atoms with Crippen molar-refractivity contribution in [3.63, 3.8) is 0 Å². The number of hydrogen-bond acceptors (Lipinski definition) is 7. The van der Waals surface area contributed by atoms with Crippen molar-refractivity contribution in [2.45, 2.75) is 25.7 Å². The lowest BCUT2D eigenvalue weighted by molar-refractivity contribution is 0.639. The van der Waals surface area contributed by atoms with E-state index in [4.69, 9.17) is 4.98 Å². The molecule has 1 saturated carbocycles. The molecule has 0 spiro atoms. The molecule has 1 aliphatic carbocycles. The molecular formula is C19H21N7. The van der Waals surface area contributed by atoms with E-state index in [1.54, 1.807) is 18.7 Å². The third-order valence-corrected chi connectivity index (χ3v) is 5.12. The van der Waals surface area contributed by atoms with Crippen molar-refractivity contribution in [2.75, 3.05) is 36.0 Å². The van der Waals surface area contributed by atoms with Gasteiger partial charge in [-0.25, -0.2) is 19.9 Å². The summed E-state index contributed by atoms with van der Waals surface area (Å²) < 4.78 is 0. The molecule has 2 fully saturated rings. The first-order valence-electron chi connectivity index (χ1n) is 9.18. The quantitative estimate of drug-likeness (QED) is 0.720. The smallest absolute Gasteiger partial charge is 0.140 e. The maximum atomic E-state index is 4.83. The van der Waals surface area contributed by atoms with E-state index >= 15 is 0 Å². The van der Waals surface area contributed by atoms with Crippen molar-refractivity contribution in [2.24, 2.45) is 0 Å². The number of anilines is 2. The van der Waals surface area contributed by atoms with Crippen LogP contribution in [0.3, 0.4) is 0 Å². The van der Waals surface area contributed by atoms with Crippen molar-refractivity contribution < 1.29 is 0 Å². The van der Waals surface area contributed by atoms with Gasteiger partial charge in [-0.15, -0.1) is 0 Å². The molecule has 0 amide bonds. The van der Waals surface area contributed by atoms with Gasteiger partial charge in [0.2, 0.25) is 0 Å². The molecule has 5 rings (SSSR count). The predicted octanol–water partition coefficient (Wildman–Crippen LogP) is 2.33. The molecule has 0 unspecified atom stereocenters. The van der Waals surface area contributed by atoms with Crippen molar-refractivity contribution in [1.29, 1.82) is 0 Å². The molecule has 7 nitrogen and oxygen atoms in total. The van der Waals surface area contributed by atoms with Crippen LogP contribution < -0.4 is 9.80 Å². The first-order valence-corrected chi connectivity index (χ1v) is 9.18. The molecule has 0 atom stereocenters. The van der Waals surface area contributed by atoms with E-state index in [0.29, 0.717) is 5.92 Å². The third-order valence-electron chi connectivity index (χ3n) is 5.12. The van der Waals surface area contributed by atoms with Crippen LogP contribution >= 0.6 is 0 Å². The van der Waals surface area contributed by atoms with Crippen LogP contribution in [0.1, 0.15) is 30.3 Å². The van der Waals surface area contributed by atoms with Gasteiger partial charge in [0.1, 0.15) is 23.8 Å². The molecule has 3 aromatic rings. The molecule has 3 aromatic heterocycles. The fraction of sp³-hybridized carbons (Fsp3) is 0.421. The highest BCUT2D eigenvalue weighted by atomic mass is 15.3. The van der Waals surface area contributed by atoms with Crippen LogP contribution in [-0.2, 0) is 0 Å². The summed E-state index contributed by atoms with van der Waals surface area (Å²) in [6.07, 6.45) is 7.68. The lowest BCUT2D eigenvalue weighted by Crippen LogP contribution is -2.47. The molecule has 2 aliphatic rings. The summed E-state index contributed by atoms with van der Waals surface area (Å²) in [7, 11) is 0. The summed E-state index contributed by atoms with van der Waals surface area (Å²) in [6.45, 7) is 5.75. The molecule has 1 saturated heterocycles. The monoisotopic (exact) mass is 347 g/mol. The molecule has 0 bridgehead atoms. The Balaban J connectivity index is 1.36. The van der Waals surface area contributed by atoms with Gasteiger partial charge in [0.15, 0.2) is 0 Å². The zero-order valence-corrected chi connectivity index (χ0v) is 14.8. The van der Waals surface area contributed by atoms with Crippen LogP contribution in [-0.4, -0.2) is 51.1 Å². The lowest BCUT2D eigenvalue weighted by Gasteiger charge is -2.36. The number of aromatic nitrogens is 5. The van der Waals surface area contributed by atoms with Crippen LogP contribution in [0.2, 0.25) is 0 Å². The Kier molecular flexibility index (Phi) is 3.65. The molecule has 132 valence electrons. The summed E-state index contributed by atoms with van der Waals surface area (Å²) >= 11 is 0. The summed E-state index contributed by atoms with van der Waals surface area (Å²) in [5.74, 6) is 3.66. The van der Waals surface area contributed by atoms with E-state index in [0.717, 1.165) is 60.2 Å². The second-order valence-electron chi connectivity index (χ2n) is 7.06. The number of nitrogens with zero attached hydrogens (tertiary/aromatic N) is 7. The molecule has 0 radical (unpaired) electrons. The zero-order chi connectivity index (χ0) is 17.5. The van der Waals surface area contributed by atoms with Crippen LogP contribution in [0.25, 0.3) is 10.9 Å². The van der Waals surface area contributed by atoms with Crippen molar-refractivity contribution in [1.82, 2.24) is 24.9 Å². The molecule has 0 aromatic carbocycles. The van der Waals surface area contributed by atoms with Gasteiger partial charge in [-0.05, 0) is 25.8 Å². The predicted molar refractivity (Wildman–Crippen MR) is 101 cm³/mol. The number of pyridine rings is 1. The Labute approximate surface area is 152 Å². The van der Waals surface area contributed by atoms with E-state index in [2.05, 4.69) is 42.7 Å². The lowest BCUT2D eigenvalue weighted by atomic mass is 10.2. The van der Waals surface area contributed by atoms with Gasteiger partial charge >= 0.3 is 0 Å². The Morgan fingerprint density at radius 2 is 1.81 bits per heavy atom. The summed E-state index contributed by atoms with van der Waals surface area (Å²) in [6, 6.07) is 4.10.